The van der Waals surface area contributed by atoms with Crippen LogP contribution in [0.2, 0.25) is 0 Å². The number of ether oxygens (including phenoxy) is 1. The highest BCUT2D eigenvalue weighted by Gasteiger charge is 2.46. The summed E-state index contributed by atoms with van der Waals surface area (Å²) in [7, 11) is 1.21. The molecule has 0 atom stereocenters. The Morgan fingerprint density at radius 3 is 2.42 bits per heavy atom. The van der Waals surface area contributed by atoms with E-state index in [2.05, 4.69) is 4.74 Å². The maximum absolute atomic E-state index is 13.9. The number of hydrogen-bond donors (Lipinski definition) is 1. The molecule has 1 N–H and O–H groups in total. The normalized spacial score (nSPS) is 16.6. The van der Waals surface area contributed by atoms with Gasteiger partial charge in [0.25, 0.3) is 0 Å². The van der Waals surface area contributed by atoms with Crippen LogP contribution in [0.4, 0.5) is 4.39 Å². The van der Waals surface area contributed by atoms with Gasteiger partial charge in [-0.3, -0.25) is 4.79 Å². The maximum Gasteiger partial charge on any atom is 0.338 e. The van der Waals surface area contributed by atoms with Crippen molar-refractivity contribution in [2.45, 2.75) is 31.6 Å². The zero-order valence-corrected chi connectivity index (χ0v) is 10.8. The molecule has 2 rings (SSSR count). The molecule has 19 heavy (non-hydrogen) atoms. The minimum Gasteiger partial charge on any atom is -0.481 e. The number of rotatable bonds is 3. The van der Waals surface area contributed by atoms with Gasteiger partial charge in [-0.2, -0.15) is 0 Å². The molecule has 0 unspecified atom stereocenters. The first-order valence-corrected chi connectivity index (χ1v) is 6.05. The number of methoxy groups -OCH3 is 1. The topological polar surface area (TPSA) is 63.6 Å². The van der Waals surface area contributed by atoms with Crippen LogP contribution in [-0.4, -0.2) is 24.2 Å². The van der Waals surface area contributed by atoms with Crippen LogP contribution in [0.25, 0.3) is 0 Å². The summed E-state index contributed by atoms with van der Waals surface area (Å²) in [5.74, 6) is -2.21. The predicted octanol–water partition coefficient (Wildman–Crippen LogP) is 2.43. The summed E-state index contributed by atoms with van der Waals surface area (Å²) < 4.78 is 18.5. The Morgan fingerprint density at radius 1 is 1.37 bits per heavy atom. The van der Waals surface area contributed by atoms with Crippen molar-refractivity contribution in [1.82, 2.24) is 0 Å². The smallest absolute Gasteiger partial charge is 0.338 e. The molecule has 5 heteroatoms. The van der Waals surface area contributed by atoms with E-state index in [1.54, 1.807) is 0 Å². The van der Waals surface area contributed by atoms with Gasteiger partial charge >= 0.3 is 11.9 Å². The van der Waals surface area contributed by atoms with E-state index in [0.717, 1.165) is 6.42 Å². The number of carboxylic acids is 1. The van der Waals surface area contributed by atoms with Gasteiger partial charge in [-0.1, -0.05) is 6.42 Å². The molecule has 1 aromatic carbocycles. The number of carbonyl (C=O) groups excluding carboxylic acids is 1. The van der Waals surface area contributed by atoms with Crippen molar-refractivity contribution in [3.8, 4) is 0 Å². The van der Waals surface area contributed by atoms with E-state index in [1.165, 1.54) is 26.2 Å². The minimum absolute atomic E-state index is 0.0880. The summed E-state index contributed by atoms with van der Waals surface area (Å²) >= 11 is 0. The Balaban J connectivity index is 2.57. The minimum atomic E-state index is -1.06. The molecule has 0 radical (unpaired) electrons. The lowest BCUT2D eigenvalue weighted by Gasteiger charge is -2.38. The molecule has 102 valence electrons. The number of carbonyl (C=O) groups is 2. The molecule has 0 aliphatic heterocycles. The van der Waals surface area contributed by atoms with Crippen LogP contribution in [0.15, 0.2) is 12.1 Å². The summed E-state index contributed by atoms with van der Waals surface area (Å²) in [6, 6.07) is 2.66. The summed E-state index contributed by atoms with van der Waals surface area (Å²) in [6.07, 6.45) is 1.71. The number of halogens is 1. The van der Waals surface area contributed by atoms with Gasteiger partial charge in [-0.25, -0.2) is 9.18 Å². The van der Waals surface area contributed by atoms with Gasteiger partial charge in [0, 0.05) is 0 Å². The number of esters is 1. The van der Waals surface area contributed by atoms with Gasteiger partial charge in [0.1, 0.15) is 5.82 Å². The fourth-order valence-electron chi connectivity index (χ4n) is 2.43. The van der Waals surface area contributed by atoms with Gasteiger partial charge < -0.3 is 9.84 Å². The summed E-state index contributed by atoms with van der Waals surface area (Å²) in [5, 5.41) is 9.35. The van der Waals surface area contributed by atoms with Crippen LogP contribution >= 0.6 is 0 Å². The molecule has 1 aliphatic carbocycles. The van der Waals surface area contributed by atoms with E-state index in [1.807, 2.05) is 0 Å². The molecule has 0 bridgehead atoms. The standard InChI is InChI=1S/C14H15FO4/c1-8-10(12(16)19-2)6-9(7-11(8)15)14(13(17)18)4-3-5-14/h6-7H,3-5H2,1-2H3,(H,17,18). The third kappa shape index (κ3) is 1.99. The molecule has 0 heterocycles. The summed E-state index contributed by atoms with van der Waals surface area (Å²) in [6.45, 7) is 1.47. The SMILES string of the molecule is COC(=O)c1cc(C2(C(=O)O)CCC2)cc(F)c1C. The molecule has 0 amide bonds. The van der Waals surface area contributed by atoms with Crippen molar-refractivity contribution < 1.29 is 23.8 Å². The van der Waals surface area contributed by atoms with Crippen molar-refractivity contribution in [3.05, 3.63) is 34.6 Å². The molecule has 1 saturated carbocycles. The third-order valence-corrected chi connectivity index (χ3v) is 3.92. The number of hydrogen-bond acceptors (Lipinski definition) is 3. The van der Waals surface area contributed by atoms with Crippen molar-refractivity contribution >= 4 is 11.9 Å². The Kier molecular flexibility index (Phi) is 3.30. The summed E-state index contributed by atoms with van der Waals surface area (Å²) in [4.78, 5) is 23.0. The number of aliphatic carboxylic acids is 1. The molecule has 0 spiro atoms. The third-order valence-electron chi connectivity index (χ3n) is 3.92. The molecular weight excluding hydrogens is 251 g/mol. The predicted molar refractivity (Wildman–Crippen MR) is 65.6 cm³/mol. The number of carboxylic acid groups (broad SMARTS) is 1. The second-order valence-electron chi connectivity index (χ2n) is 4.86. The lowest BCUT2D eigenvalue weighted by atomic mass is 9.64. The second kappa shape index (κ2) is 4.64. The van der Waals surface area contributed by atoms with Gasteiger partial charge in [0.05, 0.1) is 18.1 Å². The van der Waals surface area contributed by atoms with E-state index < -0.39 is 23.2 Å². The van der Waals surface area contributed by atoms with E-state index in [4.69, 9.17) is 0 Å². The van der Waals surface area contributed by atoms with Gasteiger partial charge in [0.2, 0.25) is 0 Å². The molecule has 0 saturated heterocycles. The Hall–Kier alpha value is -1.91. The lowest BCUT2D eigenvalue weighted by molar-refractivity contribution is -0.147. The van der Waals surface area contributed by atoms with Crippen molar-refractivity contribution in [2.75, 3.05) is 7.11 Å². The molecule has 1 fully saturated rings. The average Bonchev–Trinajstić information content (AvgIpc) is 2.30. The second-order valence-corrected chi connectivity index (χ2v) is 4.86. The highest BCUT2D eigenvalue weighted by Crippen LogP contribution is 2.44. The van der Waals surface area contributed by atoms with E-state index in [-0.39, 0.29) is 11.1 Å². The quantitative estimate of drug-likeness (QED) is 0.853. The first-order valence-electron chi connectivity index (χ1n) is 6.05. The van der Waals surface area contributed by atoms with Crippen LogP contribution in [0, 0.1) is 12.7 Å². The average molecular weight is 266 g/mol. The summed E-state index contributed by atoms with van der Waals surface area (Å²) in [5.41, 5.74) is -0.452. The van der Waals surface area contributed by atoms with Crippen molar-refractivity contribution in [2.24, 2.45) is 0 Å². The molecule has 4 nitrogen and oxygen atoms in total. The molecular formula is C14H15FO4. The monoisotopic (exact) mass is 266 g/mol. The molecule has 1 aromatic rings. The molecule has 1 aliphatic rings. The van der Waals surface area contributed by atoms with Crippen LogP contribution in [0.1, 0.15) is 40.7 Å². The van der Waals surface area contributed by atoms with Gasteiger partial charge in [0.15, 0.2) is 0 Å². The van der Waals surface area contributed by atoms with Crippen LogP contribution in [0.5, 0.6) is 0 Å². The Bertz CT molecular complexity index is 547. The Morgan fingerprint density at radius 2 is 2.00 bits per heavy atom. The Labute approximate surface area is 110 Å². The van der Waals surface area contributed by atoms with Crippen LogP contribution in [0.3, 0.4) is 0 Å². The van der Waals surface area contributed by atoms with Gasteiger partial charge in [-0.05, 0) is 43.0 Å². The first kappa shape index (κ1) is 13.5. The van der Waals surface area contributed by atoms with E-state index >= 15 is 0 Å². The highest BCUT2D eigenvalue weighted by atomic mass is 19.1. The fraction of sp³-hybridized carbons (Fsp3) is 0.429. The van der Waals surface area contributed by atoms with Crippen LogP contribution in [-0.2, 0) is 14.9 Å². The van der Waals surface area contributed by atoms with Gasteiger partial charge in [-0.15, -0.1) is 0 Å². The highest BCUT2D eigenvalue weighted by molar-refractivity contribution is 5.92. The van der Waals surface area contributed by atoms with Crippen molar-refractivity contribution in [3.63, 3.8) is 0 Å². The zero-order valence-electron chi connectivity index (χ0n) is 10.8. The van der Waals surface area contributed by atoms with Crippen molar-refractivity contribution in [1.29, 1.82) is 0 Å². The van der Waals surface area contributed by atoms with E-state index in [9.17, 15) is 19.1 Å². The van der Waals surface area contributed by atoms with Crippen LogP contribution < -0.4 is 0 Å². The zero-order chi connectivity index (χ0) is 14.2. The largest absolute Gasteiger partial charge is 0.481 e. The number of benzene rings is 1. The van der Waals surface area contributed by atoms with E-state index in [0.29, 0.717) is 18.4 Å². The lowest BCUT2D eigenvalue weighted by Crippen LogP contribution is -2.42. The fourth-order valence-corrected chi connectivity index (χ4v) is 2.43. The first-order chi connectivity index (χ1) is 8.92. The molecule has 0 aromatic heterocycles. The maximum atomic E-state index is 13.9.